The molecule has 84 valence electrons. The van der Waals surface area contributed by atoms with Crippen molar-refractivity contribution < 1.29 is 13.2 Å². The van der Waals surface area contributed by atoms with Crippen LogP contribution in [0, 0.1) is 17.5 Å². The van der Waals surface area contributed by atoms with Crippen LogP contribution in [-0.4, -0.2) is 4.98 Å². The van der Waals surface area contributed by atoms with Gasteiger partial charge >= 0.3 is 0 Å². The summed E-state index contributed by atoms with van der Waals surface area (Å²) >= 11 is 1.23. The molecule has 2 rings (SSSR count). The van der Waals surface area contributed by atoms with Gasteiger partial charge in [-0.15, -0.1) is 11.3 Å². The van der Waals surface area contributed by atoms with Gasteiger partial charge in [0.2, 0.25) is 0 Å². The quantitative estimate of drug-likeness (QED) is 0.825. The van der Waals surface area contributed by atoms with E-state index in [0.29, 0.717) is 10.7 Å². The van der Waals surface area contributed by atoms with E-state index < -0.39 is 17.5 Å². The van der Waals surface area contributed by atoms with Gasteiger partial charge in [0.25, 0.3) is 0 Å². The molecule has 2 N–H and O–H groups in total. The zero-order chi connectivity index (χ0) is 11.7. The van der Waals surface area contributed by atoms with Crippen LogP contribution in [0.15, 0.2) is 18.3 Å². The molecule has 0 aliphatic rings. The summed E-state index contributed by atoms with van der Waals surface area (Å²) in [5.41, 5.74) is 5.76. The number of nitrogens with zero attached hydrogens (tertiary/aromatic N) is 1. The van der Waals surface area contributed by atoms with Crippen molar-refractivity contribution in [1.29, 1.82) is 0 Å². The highest BCUT2D eigenvalue weighted by Crippen LogP contribution is 2.21. The first-order valence-corrected chi connectivity index (χ1v) is 5.21. The maximum absolute atomic E-state index is 12.9. The molecule has 2 aromatic rings. The molecular formula is C10H7F3N2S. The molecule has 0 aliphatic heterocycles. The molecule has 0 fully saturated rings. The van der Waals surface area contributed by atoms with Gasteiger partial charge in [-0.2, -0.15) is 0 Å². The number of hydrogen-bond donors (Lipinski definition) is 1. The third-order valence-corrected chi connectivity index (χ3v) is 2.82. The second kappa shape index (κ2) is 4.13. The average Bonchev–Trinajstić information content (AvgIpc) is 2.60. The monoisotopic (exact) mass is 244 g/mol. The van der Waals surface area contributed by atoms with Crippen LogP contribution in [0.4, 0.5) is 18.3 Å². The van der Waals surface area contributed by atoms with E-state index in [0.717, 1.165) is 17.0 Å². The maximum Gasteiger partial charge on any atom is 0.194 e. The lowest BCUT2D eigenvalue weighted by molar-refractivity contribution is 0.445. The minimum atomic E-state index is -1.45. The number of rotatable bonds is 2. The van der Waals surface area contributed by atoms with Crippen LogP contribution in [0.2, 0.25) is 0 Å². The Balaban J connectivity index is 2.28. The third-order valence-electron chi connectivity index (χ3n) is 1.99. The molecule has 2 nitrogen and oxygen atoms in total. The number of aromatic nitrogens is 1. The van der Waals surface area contributed by atoms with E-state index >= 15 is 0 Å². The highest BCUT2D eigenvalue weighted by molar-refractivity contribution is 7.15. The molecule has 1 aromatic carbocycles. The van der Waals surface area contributed by atoms with E-state index in [2.05, 4.69) is 4.98 Å². The van der Waals surface area contributed by atoms with Crippen molar-refractivity contribution in [1.82, 2.24) is 4.98 Å². The van der Waals surface area contributed by atoms with Crippen LogP contribution in [-0.2, 0) is 6.42 Å². The summed E-state index contributed by atoms with van der Waals surface area (Å²) in [5, 5.41) is 0.387. The summed E-state index contributed by atoms with van der Waals surface area (Å²) in [6, 6.07) is 1.93. The van der Waals surface area contributed by atoms with Gasteiger partial charge in [-0.25, -0.2) is 18.2 Å². The smallest absolute Gasteiger partial charge is 0.194 e. The zero-order valence-corrected chi connectivity index (χ0v) is 8.82. The number of thiazole rings is 1. The number of halogens is 3. The molecule has 0 radical (unpaired) electrons. The fourth-order valence-electron chi connectivity index (χ4n) is 1.32. The second-order valence-corrected chi connectivity index (χ2v) is 4.36. The topological polar surface area (TPSA) is 38.9 Å². The molecule has 0 amide bonds. The molecule has 0 spiro atoms. The Bertz CT molecular complexity index is 502. The van der Waals surface area contributed by atoms with Crippen molar-refractivity contribution in [2.75, 3.05) is 5.73 Å². The molecule has 1 heterocycles. The Morgan fingerprint density at radius 1 is 1.19 bits per heavy atom. The first-order valence-electron chi connectivity index (χ1n) is 4.40. The van der Waals surface area contributed by atoms with Crippen molar-refractivity contribution >= 4 is 16.5 Å². The Hall–Kier alpha value is -1.56. The molecular weight excluding hydrogens is 237 g/mol. The Morgan fingerprint density at radius 2 is 1.81 bits per heavy atom. The van der Waals surface area contributed by atoms with Gasteiger partial charge < -0.3 is 5.73 Å². The van der Waals surface area contributed by atoms with E-state index in [4.69, 9.17) is 5.73 Å². The summed E-state index contributed by atoms with van der Waals surface area (Å²) in [6.45, 7) is 0. The van der Waals surface area contributed by atoms with Crippen molar-refractivity contribution in [2.24, 2.45) is 0 Å². The maximum atomic E-state index is 12.9. The highest BCUT2D eigenvalue weighted by Gasteiger charge is 2.11. The van der Waals surface area contributed by atoms with E-state index in [1.807, 2.05) is 0 Å². The van der Waals surface area contributed by atoms with Crippen LogP contribution in [0.3, 0.4) is 0 Å². The molecule has 0 unspecified atom stereocenters. The van der Waals surface area contributed by atoms with Crippen molar-refractivity contribution in [3.63, 3.8) is 0 Å². The Labute approximate surface area is 93.5 Å². The molecule has 0 bridgehead atoms. The summed E-state index contributed by atoms with van der Waals surface area (Å²) in [4.78, 5) is 4.58. The fraction of sp³-hybridized carbons (Fsp3) is 0.100. The van der Waals surface area contributed by atoms with Gasteiger partial charge in [0.15, 0.2) is 22.6 Å². The molecule has 1 aromatic heterocycles. The fourth-order valence-corrected chi connectivity index (χ4v) is 2.03. The predicted molar refractivity (Wildman–Crippen MR) is 55.6 cm³/mol. The first-order chi connectivity index (χ1) is 7.56. The van der Waals surface area contributed by atoms with Gasteiger partial charge in [0.1, 0.15) is 0 Å². The first kappa shape index (κ1) is 10.9. The van der Waals surface area contributed by atoms with Gasteiger partial charge in [-0.3, -0.25) is 0 Å². The number of nitrogens with two attached hydrogens (primary N) is 1. The van der Waals surface area contributed by atoms with E-state index in [1.54, 1.807) is 0 Å². The van der Waals surface area contributed by atoms with Crippen molar-refractivity contribution in [3.05, 3.63) is 46.2 Å². The van der Waals surface area contributed by atoms with Crippen LogP contribution < -0.4 is 5.73 Å². The predicted octanol–water partition coefficient (Wildman–Crippen LogP) is 2.73. The second-order valence-electron chi connectivity index (χ2n) is 3.22. The Morgan fingerprint density at radius 3 is 2.31 bits per heavy atom. The van der Waals surface area contributed by atoms with Crippen LogP contribution >= 0.6 is 11.3 Å². The Kier molecular flexibility index (Phi) is 2.82. The van der Waals surface area contributed by atoms with Gasteiger partial charge in [-0.05, 0) is 17.7 Å². The van der Waals surface area contributed by atoms with E-state index in [1.165, 1.54) is 17.5 Å². The SMILES string of the molecule is Nc1ncc(Cc2cc(F)c(F)c(F)c2)s1. The zero-order valence-electron chi connectivity index (χ0n) is 8.01. The van der Waals surface area contributed by atoms with Gasteiger partial charge in [-0.1, -0.05) is 0 Å². The lowest BCUT2D eigenvalue weighted by atomic mass is 10.1. The largest absolute Gasteiger partial charge is 0.375 e. The van der Waals surface area contributed by atoms with Crippen molar-refractivity contribution in [3.8, 4) is 0 Å². The van der Waals surface area contributed by atoms with Crippen molar-refractivity contribution in [2.45, 2.75) is 6.42 Å². The number of hydrogen-bond acceptors (Lipinski definition) is 3. The minimum absolute atomic E-state index is 0.281. The van der Waals surface area contributed by atoms with E-state index in [9.17, 15) is 13.2 Å². The average molecular weight is 244 g/mol. The van der Waals surface area contributed by atoms with Crippen LogP contribution in [0.25, 0.3) is 0 Å². The standard InChI is InChI=1S/C10H7F3N2S/c11-7-2-5(3-8(12)9(7)13)1-6-4-15-10(14)16-6/h2-4H,1H2,(H2,14,15). The molecule has 16 heavy (non-hydrogen) atoms. The number of nitrogen functional groups attached to an aromatic ring is 1. The number of anilines is 1. The number of benzene rings is 1. The summed E-state index contributed by atoms with van der Waals surface area (Å²) in [5.74, 6) is -3.83. The minimum Gasteiger partial charge on any atom is -0.375 e. The van der Waals surface area contributed by atoms with Crippen LogP contribution in [0.1, 0.15) is 10.4 Å². The lowest BCUT2D eigenvalue weighted by Gasteiger charge is -2.01. The summed E-state index contributed by atoms with van der Waals surface area (Å²) in [7, 11) is 0. The van der Waals surface area contributed by atoms with Gasteiger partial charge in [0, 0.05) is 17.5 Å². The van der Waals surface area contributed by atoms with E-state index in [-0.39, 0.29) is 6.42 Å². The lowest BCUT2D eigenvalue weighted by Crippen LogP contribution is -1.94. The molecule has 0 saturated carbocycles. The van der Waals surface area contributed by atoms with Gasteiger partial charge in [0.05, 0.1) is 0 Å². The molecule has 0 aliphatic carbocycles. The molecule has 0 atom stereocenters. The molecule has 6 heteroatoms. The normalized spacial score (nSPS) is 10.7. The molecule has 0 saturated heterocycles. The highest BCUT2D eigenvalue weighted by atomic mass is 32.1. The summed E-state index contributed by atoms with van der Waals surface area (Å²) < 4.78 is 38.5. The van der Waals surface area contributed by atoms with Crippen LogP contribution in [0.5, 0.6) is 0 Å². The summed E-state index contributed by atoms with van der Waals surface area (Å²) in [6.07, 6.45) is 1.81. The third kappa shape index (κ3) is 2.16.